The molecule has 3 heteroatoms. The molecule has 1 nitrogen and oxygen atoms in total. The van der Waals surface area contributed by atoms with E-state index in [1.807, 2.05) is 23.1 Å². The van der Waals surface area contributed by atoms with E-state index in [0.29, 0.717) is 11.4 Å². The second-order valence-electron chi connectivity index (χ2n) is 3.27. The molecule has 2 unspecified atom stereocenters. The topological polar surface area (TPSA) is 12.0 Å². The fraction of sp³-hybridized carbons (Fsp3) is 0.556. The van der Waals surface area contributed by atoms with Gasteiger partial charge in [-0.05, 0) is 30.9 Å². The van der Waals surface area contributed by atoms with E-state index in [1.54, 1.807) is 0 Å². The molecule has 1 aromatic heterocycles. The molecule has 2 atom stereocenters. The third kappa shape index (κ3) is 1.68. The van der Waals surface area contributed by atoms with Crippen LogP contribution in [0.5, 0.6) is 0 Å². The normalized spacial score (nSPS) is 29.5. The van der Waals surface area contributed by atoms with Gasteiger partial charge in [-0.25, -0.2) is 0 Å². The van der Waals surface area contributed by atoms with Crippen LogP contribution in [0.3, 0.4) is 0 Å². The highest BCUT2D eigenvalue weighted by Gasteiger charge is 2.22. The van der Waals surface area contributed by atoms with Crippen molar-refractivity contribution in [2.24, 2.45) is 0 Å². The van der Waals surface area contributed by atoms with Gasteiger partial charge < -0.3 is 0 Å². The summed E-state index contributed by atoms with van der Waals surface area (Å²) >= 11 is 3.85. The second-order valence-corrected chi connectivity index (χ2v) is 5.53. The van der Waals surface area contributed by atoms with Crippen LogP contribution in [0, 0.1) is 6.92 Å². The number of nitrogens with one attached hydrogen (secondary N) is 1. The van der Waals surface area contributed by atoms with Gasteiger partial charge in [0.05, 0.1) is 5.37 Å². The van der Waals surface area contributed by atoms with Gasteiger partial charge in [0.1, 0.15) is 0 Å². The Hall–Kier alpha value is 0.01000. The molecule has 1 fully saturated rings. The number of thiophene rings is 1. The highest BCUT2D eigenvalue weighted by molar-refractivity contribution is 7.99. The highest BCUT2D eigenvalue weighted by atomic mass is 32.2. The molecular weight excluding hydrogens is 186 g/mol. The first-order chi connectivity index (χ1) is 5.75. The molecule has 0 bridgehead atoms. The monoisotopic (exact) mass is 199 g/mol. The average Bonchev–Trinajstić information content (AvgIpc) is 2.58. The molecular formula is C9H13NS2. The van der Waals surface area contributed by atoms with E-state index >= 15 is 0 Å². The molecule has 0 saturated carbocycles. The van der Waals surface area contributed by atoms with Crippen molar-refractivity contribution < 1.29 is 0 Å². The molecule has 1 N–H and O–H groups in total. The highest BCUT2D eigenvalue weighted by Crippen LogP contribution is 2.34. The number of thioether (sulfide) groups is 1. The van der Waals surface area contributed by atoms with Crippen LogP contribution in [0.4, 0.5) is 0 Å². The zero-order valence-corrected chi connectivity index (χ0v) is 8.97. The summed E-state index contributed by atoms with van der Waals surface area (Å²) in [5.41, 5.74) is 1.45. The predicted octanol–water partition coefficient (Wildman–Crippen LogP) is 2.78. The SMILES string of the molecule is Cc1cc(C2NC(C)CS2)cs1. The first-order valence-corrected chi connectivity index (χ1v) is 6.11. The van der Waals surface area contributed by atoms with Gasteiger partial charge >= 0.3 is 0 Å². The Kier molecular flexibility index (Phi) is 2.44. The molecule has 1 aliphatic rings. The summed E-state index contributed by atoms with van der Waals surface area (Å²) in [7, 11) is 0. The van der Waals surface area contributed by atoms with Gasteiger partial charge in [-0.3, -0.25) is 5.32 Å². The van der Waals surface area contributed by atoms with Crippen LogP contribution >= 0.6 is 23.1 Å². The summed E-state index contributed by atoms with van der Waals surface area (Å²) in [4.78, 5) is 1.41. The minimum absolute atomic E-state index is 0.546. The third-order valence-corrected chi connectivity index (χ3v) is 4.32. The summed E-state index contributed by atoms with van der Waals surface area (Å²) in [6.07, 6.45) is 0. The number of rotatable bonds is 1. The van der Waals surface area contributed by atoms with Crippen LogP contribution in [-0.2, 0) is 0 Å². The van der Waals surface area contributed by atoms with Crippen molar-refractivity contribution in [2.75, 3.05) is 5.75 Å². The molecule has 0 aromatic carbocycles. The smallest absolute Gasteiger partial charge is 0.0800 e. The van der Waals surface area contributed by atoms with E-state index in [2.05, 4.69) is 30.6 Å². The lowest BCUT2D eigenvalue weighted by atomic mass is 10.3. The van der Waals surface area contributed by atoms with Crippen molar-refractivity contribution in [1.82, 2.24) is 5.32 Å². The molecule has 1 saturated heterocycles. The Morgan fingerprint density at radius 1 is 1.58 bits per heavy atom. The van der Waals surface area contributed by atoms with Crippen LogP contribution in [0.15, 0.2) is 11.4 Å². The predicted molar refractivity (Wildman–Crippen MR) is 56.9 cm³/mol. The lowest BCUT2D eigenvalue weighted by molar-refractivity contribution is 0.619. The van der Waals surface area contributed by atoms with E-state index < -0.39 is 0 Å². The fourth-order valence-electron chi connectivity index (χ4n) is 1.39. The zero-order chi connectivity index (χ0) is 8.55. The molecule has 0 radical (unpaired) electrons. The van der Waals surface area contributed by atoms with E-state index in [4.69, 9.17) is 0 Å². The summed E-state index contributed by atoms with van der Waals surface area (Å²) in [6.45, 7) is 4.41. The zero-order valence-electron chi connectivity index (χ0n) is 7.33. The molecule has 2 rings (SSSR count). The van der Waals surface area contributed by atoms with Gasteiger partial charge in [-0.15, -0.1) is 23.1 Å². The maximum atomic E-state index is 3.55. The van der Waals surface area contributed by atoms with Gasteiger partial charge in [0, 0.05) is 16.7 Å². The quantitative estimate of drug-likeness (QED) is 0.746. The lowest BCUT2D eigenvalue weighted by Gasteiger charge is -2.07. The van der Waals surface area contributed by atoms with E-state index in [0.717, 1.165) is 0 Å². The largest absolute Gasteiger partial charge is 0.298 e. The molecule has 12 heavy (non-hydrogen) atoms. The van der Waals surface area contributed by atoms with Gasteiger partial charge in [-0.1, -0.05) is 0 Å². The molecule has 0 amide bonds. The van der Waals surface area contributed by atoms with Crippen molar-refractivity contribution in [3.05, 3.63) is 21.9 Å². The van der Waals surface area contributed by atoms with Crippen molar-refractivity contribution in [3.63, 3.8) is 0 Å². The molecule has 66 valence electrons. The number of hydrogen-bond acceptors (Lipinski definition) is 3. The van der Waals surface area contributed by atoms with Crippen molar-refractivity contribution in [3.8, 4) is 0 Å². The number of aryl methyl sites for hydroxylation is 1. The minimum atomic E-state index is 0.546. The minimum Gasteiger partial charge on any atom is -0.298 e. The standard InChI is InChI=1S/C9H13NS2/c1-6-4-12-9(10-6)8-3-7(2)11-5-8/h3,5-6,9-10H,4H2,1-2H3. The summed E-state index contributed by atoms with van der Waals surface area (Å²) in [5.74, 6) is 1.24. The second kappa shape index (κ2) is 3.40. The fourth-order valence-corrected chi connectivity index (χ4v) is 3.44. The van der Waals surface area contributed by atoms with Gasteiger partial charge in [0.25, 0.3) is 0 Å². The van der Waals surface area contributed by atoms with Crippen LogP contribution in [-0.4, -0.2) is 11.8 Å². The Labute approximate surface area is 81.6 Å². The first kappa shape index (κ1) is 8.60. The lowest BCUT2D eigenvalue weighted by Crippen LogP contribution is -2.21. The average molecular weight is 199 g/mol. The Bertz CT molecular complexity index is 269. The first-order valence-electron chi connectivity index (χ1n) is 4.18. The van der Waals surface area contributed by atoms with Crippen LogP contribution in [0.25, 0.3) is 0 Å². The molecule has 1 aliphatic heterocycles. The summed E-state index contributed by atoms with van der Waals surface area (Å²) < 4.78 is 0. The van der Waals surface area contributed by atoms with E-state index in [-0.39, 0.29) is 0 Å². The third-order valence-electron chi connectivity index (χ3n) is 2.00. The van der Waals surface area contributed by atoms with Gasteiger partial charge in [-0.2, -0.15) is 0 Å². The van der Waals surface area contributed by atoms with Crippen molar-refractivity contribution in [1.29, 1.82) is 0 Å². The maximum Gasteiger partial charge on any atom is 0.0800 e. The molecule has 0 spiro atoms. The van der Waals surface area contributed by atoms with Crippen LogP contribution < -0.4 is 5.32 Å². The Morgan fingerprint density at radius 3 is 2.92 bits per heavy atom. The molecule has 2 heterocycles. The molecule has 1 aromatic rings. The van der Waals surface area contributed by atoms with E-state index in [9.17, 15) is 0 Å². The van der Waals surface area contributed by atoms with Crippen LogP contribution in [0.2, 0.25) is 0 Å². The van der Waals surface area contributed by atoms with Crippen molar-refractivity contribution >= 4 is 23.1 Å². The Morgan fingerprint density at radius 2 is 2.42 bits per heavy atom. The Balaban J connectivity index is 2.11. The van der Waals surface area contributed by atoms with Crippen LogP contribution in [0.1, 0.15) is 22.7 Å². The summed E-state index contributed by atoms with van der Waals surface area (Å²) in [6, 6.07) is 2.95. The summed E-state index contributed by atoms with van der Waals surface area (Å²) in [5, 5.41) is 6.36. The number of hydrogen-bond donors (Lipinski definition) is 1. The maximum absolute atomic E-state index is 3.55. The molecule has 0 aliphatic carbocycles. The van der Waals surface area contributed by atoms with Gasteiger partial charge in [0.15, 0.2) is 0 Å². The van der Waals surface area contributed by atoms with Gasteiger partial charge in [0.2, 0.25) is 0 Å². The van der Waals surface area contributed by atoms with E-state index in [1.165, 1.54) is 16.2 Å². The van der Waals surface area contributed by atoms with Crippen molar-refractivity contribution in [2.45, 2.75) is 25.3 Å².